The zero-order chi connectivity index (χ0) is 14.7. The van der Waals surface area contributed by atoms with Crippen molar-refractivity contribution in [2.45, 2.75) is 6.61 Å². The van der Waals surface area contributed by atoms with E-state index in [-0.39, 0.29) is 12.4 Å². The van der Waals surface area contributed by atoms with Gasteiger partial charge in [0.25, 0.3) is 0 Å². The molecule has 0 unspecified atom stereocenters. The fourth-order valence-electron chi connectivity index (χ4n) is 1.64. The van der Waals surface area contributed by atoms with Gasteiger partial charge in [-0.2, -0.15) is 5.26 Å². The Morgan fingerprint density at radius 3 is 2.75 bits per heavy atom. The first-order chi connectivity index (χ1) is 9.51. The van der Waals surface area contributed by atoms with Crippen molar-refractivity contribution in [3.8, 4) is 11.8 Å². The largest absolute Gasteiger partial charge is 0.486 e. The molecule has 0 heterocycles. The highest BCUT2D eigenvalue weighted by Gasteiger charge is 2.10. The second-order valence-corrected chi connectivity index (χ2v) is 6.03. The maximum atomic E-state index is 13.2. The Morgan fingerprint density at radius 2 is 2.10 bits per heavy atom. The minimum Gasteiger partial charge on any atom is -0.486 e. The molecule has 2 aromatic carbocycles. The van der Waals surface area contributed by atoms with Crippen LogP contribution in [0.15, 0.2) is 34.8 Å². The molecule has 0 atom stereocenters. The zero-order valence-corrected chi connectivity index (χ0v) is 13.9. The van der Waals surface area contributed by atoms with Gasteiger partial charge in [0.2, 0.25) is 0 Å². The van der Waals surface area contributed by atoms with Crippen molar-refractivity contribution in [1.82, 2.24) is 0 Å². The standard InChI is InChI=1S/C14H9BrFIN2O/c15-11-2-1-10(16)5-9(11)7-20-14-12(17)3-8(6-18)4-13(14)19/h1-5H,7,19H2. The first kappa shape index (κ1) is 15.1. The van der Waals surface area contributed by atoms with Crippen molar-refractivity contribution in [2.75, 3.05) is 5.73 Å². The van der Waals surface area contributed by atoms with Gasteiger partial charge in [-0.05, 0) is 52.9 Å². The van der Waals surface area contributed by atoms with E-state index < -0.39 is 0 Å². The summed E-state index contributed by atoms with van der Waals surface area (Å²) in [5.41, 5.74) is 7.42. The molecule has 0 amide bonds. The van der Waals surface area contributed by atoms with E-state index in [9.17, 15) is 4.39 Å². The monoisotopic (exact) mass is 446 g/mol. The van der Waals surface area contributed by atoms with Crippen LogP contribution in [0, 0.1) is 20.7 Å². The number of nitrogens with two attached hydrogens (primary N) is 1. The van der Waals surface area contributed by atoms with Crippen LogP contribution >= 0.6 is 38.5 Å². The lowest BCUT2D eigenvalue weighted by Gasteiger charge is -2.12. The van der Waals surface area contributed by atoms with Crippen molar-refractivity contribution in [3.05, 3.63) is 55.3 Å². The molecular formula is C14H9BrFIN2O. The minimum atomic E-state index is -0.325. The molecule has 0 aliphatic carbocycles. The summed E-state index contributed by atoms with van der Waals surface area (Å²) in [6.07, 6.45) is 0. The molecule has 6 heteroatoms. The van der Waals surface area contributed by atoms with Crippen molar-refractivity contribution >= 4 is 44.2 Å². The van der Waals surface area contributed by atoms with E-state index >= 15 is 0 Å². The highest BCUT2D eigenvalue weighted by Crippen LogP contribution is 2.31. The number of nitriles is 1. The Morgan fingerprint density at radius 1 is 1.35 bits per heavy atom. The Labute approximate surface area is 137 Å². The predicted octanol–water partition coefficient (Wildman–Crippen LogP) is 4.23. The van der Waals surface area contributed by atoms with Gasteiger partial charge >= 0.3 is 0 Å². The molecule has 0 aliphatic rings. The van der Waals surface area contributed by atoms with Crippen LogP contribution in [-0.4, -0.2) is 0 Å². The highest BCUT2D eigenvalue weighted by atomic mass is 127. The molecule has 0 aliphatic heterocycles. The van der Waals surface area contributed by atoms with Crippen LogP contribution in [0.4, 0.5) is 10.1 Å². The third-order valence-electron chi connectivity index (χ3n) is 2.58. The van der Waals surface area contributed by atoms with Crippen molar-refractivity contribution < 1.29 is 9.13 Å². The second kappa shape index (κ2) is 6.41. The van der Waals surface area contributed by atoms with Gasteiger partial charge in [0.15, 0.2) is 5.75 Å². The molecule has 2 N–H and O–H groups in total. The summed E-state index contributed by atoms with van der Waals surface area (Å²) in [4.78, 5) is 0. The predicted molar refractivity (Wildman–Crippen MR) is 86.7 cm³/mol. The van der Waals surface area contributed by atoms with E-state index in [1.54, 1.807) is 18.2 Å². The first-order valence-corrected chi connectivity index (χ1v) is 7.44. The number of benzene rings is 2. The van der Waals surface area contributed by atoms with Crippen LogP contribution in [0.2, 0.25) is 0 Å². The number of halogens is 3. The molecule has 102 valence electrons. The number of hydrogen-bond donors (Lipinski definition) is 1. The van der Waals surface area contributed by atoms with E-state index in [4.69, 9.17) is 15.7 Å². The Kier molecular flexibility index (Phi) is 4.83. The lowest BCUT2D eigenvalue weighted by Crippen LogP contribution is -2.02. The van der Waals surface area contributed by atoms with Gasteiger partial charge in [-0.3, -0.25) is 0 Å². The third-order valence-corrected chi connectivity index (χ3v) is 4.16. The second-order valence-electron chi connectivity index (χ2n) is 4.01. The number of nitrogens with zero attached hydrogens (tertiary/aromatic N) is 1. The Bertz CT molecular complexity index is 677. The molecular weight excluding hydrogens is 438 g/mol. The highest BCUT2D eigenvalue weighted by molar-refractivity contribution is 14.1. The van der Waals surface area contributed by atoms with Gasteiger partial charge in [-0.1, -0.05) is 15.9 Å². The molecule has 20 heavy (non-hydrogen) atoms. The van der Waals surface area contributed by atoms with Crippen LogP contribution in [0.25, 0.3) is 0 Å². The third kappa shape index (κ3) is 3.41. The summed E-state index contributed by atoms with van der Waals surface area (Å²) in [7, 11) is 0. The van der Waals surface area contributed by atoms with E-state index in [1.807, 2.05) is 6.07 Å². The minimum absolute atomic E-state index is 0.185. The summed E-state index contributed by atoms with van der Waals surface area (Å²) in [6, 6.07) is 9.66. The van der Waals surface area contributed by atoms with Crippen molar-refractivity contribution in [2.24, 2.45) is 0 Å². The molecule has 3 nitrogen and oxygen atoms in total. The molecule has 0 saturated carbocycles. The average Bonchev–Trinajstić information content (AvgIpc) is 2.41. The molecule has 0 spiro atoms. The van der Waals surface area contributed by atoms with Crippen LogP contribution in [-0.2, 0) is 6.61 Å². The topological polar surface area (TPSA) is 59.0 Å². The number of hydrogen-bond acceptors (Lipinski definition) is 3. The SMILES string of the molecule is N#Cc1cc(N)c(OCc2cc(F)ccc2Br)c(I)c1. The number of ether oxygens (including phenoxy) is 1. The average molecular weight is 447 g/mol. The molecule has 0 radical (unpaired) electrons. The van der Waals surface area contributed by atoms with E-state index in [2.05, 4.69) is 38.5 Å². The molecule has 2 rings (SSSR count). The van der Waals surface area contributed by atoms with E-state index in [0.29, 0.717) is 22.6 Å². The summed E-state index contributed by atoms with van der Waals surface area (Å²) >= 11 is 5.39. The first-order valence-electron chi connectivity index (χ1n) is 5.57. The quantitative estimate of drug-likeness (QED) is 0.567. The van der Waals surface area contributed by atoms with Gasteiger partial charge in [0, 0.05) is 10.0 Å². The molecule has 0 aromatic heterocycles. The van der Waals surface area contributed by atoms with Crippen molar-refractivity contribution in [3.63, 3.8) is 0 Å². The maximum absolute atomic E-state index is 13.2. The molecule has 0 saturated heterocycles. The van der Waals surface area contributed by atoms with Gasteiger partial charge in [0.05, 0.1) is 20.9 Å². The summed E-state index contributed by atoms with van der Waals surface area (Å²) in [6.45, 7) is 0.185. The Hall–Kier alpha value is -1.33. The van der Waals surface area contributed by atoms with Gasteiger partial charge in [-0.25, -0.2) is 4.39 Å². The smallest absolute Gasteiger partial charge is 0.156 e. The fourth-order valence-corrected chi connectivity index (χ4v) is 2.80. The van der Waals surface area contributed by atoms with Crippen molar-refractivity contribution in [1.29, 1.82) is 5.26 Å². The van der Waals surface area contributed by atoms with Crippen LogP contribution in [0.1, 0.15) is 11.1 Å². The normalized spacial score (nSPS) is 10.1. The molecule has 0 fully saturated rings. The summed E-state index contributed by atoms with van der Waals surface area (Å²) < 4.78 is 20.3. The van der Waals surface area contributed by atoms with E-state index in [1.165, 1.54) is 12.1 Å². The lowest BCUT2D eigenvalue weighted by molar-refractivity contribution is 0.304. The number of nitrogen functional groups attached to an aromatic ring is 1. The molecule has 2 aromatic rings. The van der Waals surface area contributed by atoms with E-state index in [0.717, 1.165) is 8.04 Å². The lowest BCUT2D eigenvalue weighted by atomic mass is 10.2. The maximum Gasteiger partial charge on any atom is 0.156 e. The Balaban J connectivity index is 2.23. The van der Waals surface area contributed by atoms with Crippen LogP contribution in [0.5, 0.6) is 5.75 Å². The number of anilines is 1. The number of rotatable bonds is 3. The summed E-state index contributed by atoms with van der Waals surface area (Å²) in [5.74, 6) is 0.176. The van der Waals surface area contributed by atoms with Crippen LogP contribution < -0.4 is 10.5 Å². The fraction of sp³-hybridized carbons (Fsp3) is 0.0714. The van der Waals surface area contributed by atoms with Gasteiger partial charge < -0.3 is 10.5 Å². The molecule has 0 bridgehead atoms. The van der Waals surface area contributed by atoms with Gasteiger partial charge in [0.1, 0.15) is 12.4 Å². The van der Waals surface area contributed by atoms with Gasteiger partial charge in [-0.15, -0.1) is 0 Å². The summed E-state index contributed by atoms with van der Waals surface area (Å²) in [5, 5.41) is 8.85. The zero-order valence-electron chi connectivity index (χ0n) is 10.2. The van der Waals surface area contributed by atoms with Crippen LogP contribution in [0.3, 0.4) is 0 Å².